The Morgan fingerprint density at radius 1 is 1.03 bits per heavy atom. The van der Waals surface area contributed by atoms with Crippen LogP contribution < -0.4 is 0 Å². The minimum Gasteiger partial charge on any atom is -0.461 e. The maximum atomic E-state index is 12.5. The van der Waals surface area contributed by atoms with Crippen molar-refractivity contribution in [3.8, 4) is 11.5 Å². The topological polar surface area (TPSA) is 65.2 Å². The summed E-state index contributed by atoms with van der Waals surface area (Å²) in [6.07, 6.45) is 1.05. The Kier molecular flexibility index (Phi) is 6.47. The van der Waals surface area contributed by atoms with Crippen molar-refractivity contribution in [1.29, 1.82) is 0 Å². The summed E-state index contributed by atoms with van der Waals surface area (Å²) in [5, 5.41) is 8.14. The fourth-order valence-electron chi connectivity index (χ4n) is 2.95. The van der Waals surface area contributed by atoms with Crippen LogP contribution in [0.2, 0.25) is 0 Å². The second-order valence-electron chi connectivity index (χ2n) is 8.40. The summed E-state index contributed by atoms with van der Waals surface area (Å²) in [5.74, 6) is 0.647. The molecular weight excluding hydrogens is 364 g/mol. The van der Waals surface area contributed by atoms with E-state index in [9.17, 15) is 4.79 Å². The zero-order valence-corrected chi connectivity index (χ0v) is 17.5. The molecule has 0 bridgehead atoms. The number of aromatic nitrogens is 2. The van der Waals surface area contributed by atoms with Crippen LogP contribution in [0, 0.1) is 12.3 Å². The Bertz CT molecular complexity index is 925. The number of ether oxygens (including phenoxy) is 1. The van der Waals surface area contributed by atoms with Crippen LogP contribution in [0.4, 0.5) is 0 Å². The van der Waals surface area contributed by atoms with Gasteiger partial charge in [0.15, 0.2) is 0 Å². The number of carbonyl (C=O) groups excluding carboxylic acids is 1. The van der Waals surface area contributed by atoms with Gasteiger partial charge in [-0.05, 0) is 30.0 Å². The van der Waals surface area contributed by atoms with Gasteiger partial charge in [-0.1, -0.05) is 68.8 Å². The standard InChI is InChI=1S/C24H28N2O3/c1-17-10-12-19(13-11-17)23-26-25-21(29-23)14-15-22(27)28-20(24(2,3)4)16-18-8-6-5-7-9-18/h5-13,20H,14-16H2,1-4H3. The molecule has 0 aliphatic carbocycles. The van der Waals surface area contributed by atoms with Gasteiger partial charge in [-0.25, -0.2) is 0 Å². The first-order valence-corrected chi connectivity index (χ1v) is 9.94. The molecule has 29 heavy (non-hydrogen) atoms. The molecule has 3 rings (SSSR count). The van der Waals surface area contributed by atoms with Crippen molar-refractivity contribution >= 4 is 5.97 Å². The largest absolute Gasteiger partial charge is 0.461 e. The average Bonchev–Trinajstić information content (AvgIpc) is 3.16. The molecule has 0 fully saturated rings. The van der Waals surface area contributed by atoms with Crippen molar-refractivity contribution in [1.82, 2.24) is 10.2 Å². The third kappa shape index (κ3) is 6.01. The molecule has 1 atom stereocenters. The van der Waals surface area contributed by atoms with Gasteiger partial charge in [-0.15, -0.1) is 10.2 Å². The molecule has 0 aliphatic heterocycles. The van der Waals surface area contributed by atoms with Crippen LogP contribution >= 0.6 is 0 Å². The summed E-state index contributed by atoms with van der Waals surface area (Å²) in [6.45, 7) is 8.27. The number of nitrogens with zero attached hydrogens (tertiary/aromatic N) is 2. The number of hydrogen-bond acceptors (Lipinski definition) is 5. The highest BCUT2D eigenvalue weighted by molar-refractivity contribution is 5.69. The number of hydrogen-bond donors (Lipinski definition) is 0. The summed E-state index contributed by atoms with van der Waals surface area (Å²) in [5.41, 5.74) is 3.03. The van der Waals surface area contributed by atoms with Crippen molar-refractivity contribution in [2.24, 2.45) is 5.41 Å². The van der Waals surface area contributed by atoms with E-state index in [4.69, 9.17) is 9.15 Å². The number of esters is 1. The van der Waals surface area contributed by atoms with Gasteiger partial charge in [0.1, 0.15) is 6.10 Å². The lowest BCUT2D eigenvalue weighted by Crippen LogP contribution is -2.33. The van der Waals surface area contributed by atoms with E-state index < -0.39 is 0 Å². The maximum Gasteiger partial charge on any atom is 0.306 e. The quantitative estimate of drug-likeness (QED) is 0.519. The van der Waals surface area contributed by atoms with E-state index >= 15 is 0 Å². The zero-order valence-electron chi connectivity index (χ0n) is 17.5. The summed E-state index contributed by atoms with van der Waals surface area (Å²) < 4.78 is 11.5. The molecule has 2 aromatic carbocycles. The molecule has 5 heteroatoms. The van der Waals surface area contributed by atoms with E-state index in [1.54, 1.807) is 0 Å². The van der Waals surface area contributed by atoms with Gasteiger partial charge in [0.05, 0.1) is 6.42 Å². The molecule has 152 valence electrons. The smallest absolute Gasteiger partial charge is 0.306 e. The molecule has 0 amide bonds. The van der Waals surface area contributed by atoms with Gasteiger partial charge in [0, 0.05) is 18.4 Å². The molecule has 0 saturated heterocycles. The molecule has 0 saturated carbocycles. The second kappa shape index (κ2) is 9.03. The normalized spacial score (nSPS) is 12.6. The van der Waals surface area contributed by atoms with E-state index in [0.717, 1.165) is 11.1 Å². The molecule has 1 heterocycles. The van der Waals surface area contributed by atoms with Crippen molar-refractivity contribution < 1.29 is 13.9 Å². The van der Waals surface area contributed by atoms with Crippen LogP contribution in [0.3, 0.4) is 0 Å². The van der Waals surface area contributed by atoms with Crippen LogP contribution in [0.15, 0.2) is 59.0 Å². The Morgan fingerprint density at radius 3 is 2.38 bits per heavy atom. The van der Waals surface area contributed by atoms with Crippen LogP contribution in [-0.2, 0) is 22.4 Å². The summed E-state index contributed by atoms with van der Waals surface area (Å²) >= 11 is 0. The fraction of sp³-hybridized carbons (Fsp3) is 0.375. The van der Waals surface area contributed by atoms with Gasteiger partial charge < -0.3 is 9.15 Å². The minimum absolute atomic E-state index is 0.158. The average molecular weight is 392 g/mol. The summed E-state index contributed by atoms with van der Waals surface area (Å²) in [6, 6.07) is 18.0. The van der Waals surface area contributed by atoms with E-state index in [1.165, 1.54) is 5.56 Å². The molecule has 0 N–H and O–H groups in total. The van der Waals surface area contributed by atoms with Crippen LogP contribution in [0.1, 0.15) is 44.2 Å². The Morgan fingerprint density at radius 2 is 1.72 bits per heavy atom. The van der Waals surface area contributed by atoms with Crippen LogP contribution in [0.5, 0.6) is 0 Å². The summed E-state index contributed by atoms with van der Waals surface area (Å²) in [7, 11) is 0. The Labute approximate surface area is 172 Å². The molecular formula is C24H28N2O3. The number of carbonyl (C=O) groups is 1. The van der Waals surface area contributed by atoms with Gasteiger partial charge in [-0.3, -0.25) is 4.79 Å². The minimum atomic E-state index is -0.254. The van der Waals surface area contributed by atoms with Gasteiger partial charge >= 0.3 is 5.97 Å². The maximum absolute atomic E-state index is 12.5. The number of rotatable bonds is 7. The Balaban J connectivity index is 1.57. The predicted octanol–water partition coefficient (Wildman–Crippen LogP) is 5.18. The highest BCUT2D eigenvalue weighted by Gasteiger charge is 2.28. The first kappa shape index (κ1) is 20.8. The third-order valence-electron chi connectivity index (χ3n) is 4.81. The SMILES string of the molecule is Cc1ccc(-c2nnc(CCC(=O)OC(Cc3ccccc3)C(C)(C)C)o2)cc1. The lowest BCUT2D eigenvalue weighted by atomic mass is 9.85. The molecule has 0 radical (unpaired) electrons. The van der Waals surface area contributed by atoms with Gasteiger partial charge in [-0.2, -0.15) is 0 Å². The fourth-order valence-corrected chi connectivity index (χ4v) is 2.95. The van der Waals surface area contributed by atoms with E-state index in [0.29, 0.717) is 24.6 Å². The van der Waals surface area contributed by atoms with Crippen molar-refractivity contribution in [2.75, 3.05) is 0 Å². The van der Waals surface area contributed by atoms with E-state index in [-0.39, 0.29) is 23.9 Å². The molecule has 1 unspecified atom stereocenters. The van der Waals surface area contributed by atoms with Crippen molar-refractivity contribution in [3.63, 3.8) is 0 Å². The Hall–Kier alpha value is -2.95. The van der Waals surface area contributed by atoms with E-state index in [1.807, 2.05) is 49.4 Å². The molecule has 0 aliphatic rings. The van der Waals surface area contributed by atoms with Crippen molar-refractivity contribution in [3.05, 3.63) is 71.6 Å². The zero-order chi connectivity index (χ0) is 20.9. The molecule has 3 aromatic rings. The summed E-state index contributed by atoms with van der Waals surface area (Å²) in [4.78, 5) is 12.5. The van der Waals surface area contributed by atoms with Crippen LogP contribution in [0.25, 0.3) is 11.5 Å². The van der Waals surface area contributed by atoms with Crippen LogP contribution in [-0.4, -0.2) is 22.3 Å². The third-order valence-corrected chi connectivity index (χ3v) is 4.81. The van der Waals surface area contributed by atoms with Gasteiger partial charge in [0.2, 0.25) is 11.8 Å². The highest BCUT2D eigenvalue weighted by Crippen LogP contribution is 2.26. The van der Waals surface area contributed by atoms with Gasteiger partial charge in [0.25, 0.3) is 0 Å². The predicted molar refractivity (Wildman–Crippen MR) is 112 cm³/mol. The van der Waals surface area contributed by atoms with E-state index in [2.05, 4.69) is 43.1 Å². The molecule has 5 nitrogen and oxygen atoms in total. The lowest BCUT2D eigenvalue weighted by molar-refractivity contribution is -0.154. The highest BCUT2D eigenvalue weighted by atomic mass is 16.5. The lowest BCUT2D eigenvalue weighted by Gasteiger charge is -2.30. The first-order valence-electron chi connectivity index (χ1n) is 9.94. The second-order valence-corrected chi connectivity index (χ2v) is 8.40. The number of benzene rings is 2. The molecule has 1 aromatic heterocycles. The number of aryl methyl sites for hydroxylation is 2. The first-order chi connectivity index (χ1) is 13.8. The van der Waals surface area contributed by atoms with Crippen molar-refractivity contribution in [2.45, 2.75) is 53.1 Å². The molecule has 0 spiro atoms. The monoisotopic (exact) mass is 392 g/mol.